The second-order valence-corrected chi connectivity index (χ2v) is 8.22. The zero-order valence-electron chi connectivity index (χ0n) is 10.4. The number of benzene rings is 1. The fourth-order valence-corrected chi connectivity index (χ4v) is 5.50. The van der Waals surface area contributed by atoms with E-state index >= 15 is 0 Å². The van der Waals surface area contributed by atoms with Crippen molar-refractivity contribution in [3.63, 3.8) is 0 Å². The fraction of sp³-hybridized carbons (Fsp3) is 0.500. The minimum absolute atomic E-state index is 0.202. The van der Waals surface area contributed by atoms with Crippen LogP contribution in [0.5, 0.6) is 0 Å². The predicted molar refractivity (Wildman–Crippen MR) is 90.7 cm³/mol. The average molecular weight is 392 g/mol. The Labute approximate surface area is 131 Å². The summed E-state index contributed by atoms with van der Waals surface area (Å²) in [4.78, 5) is 12.4. The second-order valence-electron chi connectivity index (χ2n) is 4.38. The minimum Gasteiger partial charge on any atom is -0.298 e. The Morgan fingerprint density at radius 3 is 2.61 bits per heavy atom. The van der Waals surface area contributed by atoms with Crippen LogP contribution in [-0.4, -0.2) is 27.8 Å². The maximum atomic E-state index is 12.4. The van der Waals surface area contributed by atoms with Gasteiger partial charge < -0.3 is 0 Å². The lowest BCUT2D eigenvalue weighted by molar-refractivity contribution is -0.117. The number of halogens is 1. The molecule has 2 rings (SSSR count). The third-order valence-corrected chi connectivity index (χ3v) is 7.08. The van der Waals surface area contributed by atoms with Crippen LogP contribution in [-0.2, 0) is 11.2 Å². The molecule has 1 aliphatic rings. The number of Topliss-reactive ketones (excluding diaryl/α,β-unsaturated/α-hetero) is 1. The van der Waals surface area contributed by atoms with Gasteiger partial charge in [0.25, 0.3) is 0 Å². The fourth-order valence-electron chi connectivity index (χ4n) is 2.11. The molecule has 0 amide bonds. The maximum Gasteiger partial charge on any atom is 0.151 e. The predicted octanol–water partition coefficient (Wildman–Crippen LogP) is 4.03. The van der Waals surface area contributed by atoms with Crippen LogP contribution in [0.15, 0.2) is 24.3 Å². The van der Waals surface area contributed by atoms with Crippen molar-refractivity contribution in [2.45, 2.75) is 30.3 Å². The van der Waals surface area contributed by atoms with E-state index in [1.165, 1.54) is 9.32 Å². The van der Waals surface area contributed by atoms with Crippen molar-refractivity contribution in [1.82, 2.24) is 0 Å². The number of hydrogen-bond acceptors (Lipinski definition) is 3. The lowest BCUT2D eigenvalue weighted by Gasteiger charge is -2.28. The summed E-state index contributed by atoms with van der Waals surface area (Å²) >= 11 is 6.11. The van der Waals surface area contributed by atoms with Gasteiger partial charge in [0.05, 0.1) is 5.25 Å². The number of carbonyl (C=O) groups is 1. The second kappa shape index (κ2) is 7.20. The Bertz CT molecular complexity index is 405. The Morgan fingerprint density at radius 1 is 1.28 bits per heavy atom. The van der Waals surface area contributed by atoms with E-state index in [9.17, 15) is 4.79 Å². The molecule has 0 bridgehead atoms. The molecule has 0 aliphatic carbocycles. The van der Waals surface area contributed by atoms with Crippen LogP contribution in [0.4, 0.5) is 0 Å². The van der Waals surface area contributed by atoms with E-state index < -0.39 is 0 Å². The molecule has 0 spiro atoms. The Kier molecular flexibility index (Phi) is 5.89. The summed E-state index contributed by atoms with van der Waals surface area (Å²) in [5.74, 6) is 2.71. The molecule has 4 heteroatoms. The van der Waals surface area contributed by atoms with Gasteiger partial charge in [-0.15, -0.1) is 11.8 Å². The quantitative estimate of drug-likeness (QED) is 0.721. The molecule has 0 N–H and O–H groups in total. The molecule has 0 saturated carbocycles. The van der Waals surface area contributed by atoms with Crippen LogP contribution >= 0.6 is 46.1 Å². The van der Waals surface area contributed by atoms with Crippen molar-refractivity contribution >= 4 is 51.9 Å². The first kappa shape index (κ1) is 14.7. The molecular weight excluding hydrogens is 375 g/mol. The highest BCUT2D eigenvalue weighted by molar-refractivity contribution is 14.1. The zero-order chi connectivity index (χ0) is 13.0. The monoisotopic (exact) mass is 392 g/mol. The summed E-state index contributed by atoms with van der Waals surface area (Å²) in [6, 6.07) is 8.29. The normalized spacial score (nSPS) is 23.9. The van der Waals surface area contributed by atoms with Crippen LogP contribution in [0.25, 0.3) is 0 Å². The average Bonchev–Trinajstić information content (AvgIpc) is 2.41. The van der Waals surface area contributed by atoms with E-state index in [1.807, 2.05) is 23.5 Å². The third kappa shape index (κ3) is 3.90. The van der Waals surface area contributed by atoms with Gasteiger partial charge in [-0.05, 0) is 46.7 Å². The summed E-state index contributed by atoms with van der Waals surface area (Å²) in [7, 11) is 0. The summed E-state index contributed by atoms with van der Waals surface area (Å²) in [6.45, 7) is 2.19. The van der Waals surface area contributed by atoms with Crippen molar-refractivity contribution in [2.24, 2.45) is 0 Å². The van der Waals surface area contributed by atoms with Gasteiger partial charge in [0.2, 0.25) is 0 Å². The lowest BCUT2D eigenvalue weighted by atomic mass is 10.0. The molecule has 1 nitrogen and oxygen atoms in total. The number of thioether (sulfide) groups is 2. The molecular formula is C14H17IOS2. The summed E-state index contributed by atoms with van der Waals surface area (Å²) in [5.41, 5.74) is 1.14. The number of hydrogen-bond donors (Lipinski definition) is 0. The lowest BCUT2D eigenvalue weighted by Crippen LogP contribution is -2.33. The van der Waals surface area contributed by atoms with Crippen molar-refractivity contribution in [2.75, 3.05) is 11.5 Å². The zero-order valence-corrected chi connectivity index (χ0v) is 14.2. The molecule has 1 fully saturated rings. The van der Waals surface area contributed by atoms with Gasteiger partial charge in [-0.3, -0.25) is 4.79 Å². The highest BCUT2D eigenvalue weighted by atomic mass is 127. The highest BCUT2D eigenvalue weighted by Gasteiger charge is 2.30. The first-order valence-electron chi connectivity index (χ1n) is 6.21. The van der Waals surface area contributed by atoms with Gasteiger partial charge in [-0.2, -0.15) is 11.8 Å². The van der Waals surface area contributed by atoms with Gasteiger partial charge in [0.15, 0.2) is 5.78 Å². The topological polar surface area (TPSA) is 17.1 Å². The molecule has 18 heavy (non-hydrogen) atoms. The Balaban J connectivity index is 2.00. The van der Waals surface area contributed by atoms with E-state index in [1.54, 1.807) is 0 Å². The standard InChI is InChI=1S/C14H17IOS2/c1-2-13-14(18-8-7-17-13)12(16)9-10-3-5-11(15)6-4-10/h3-6,13-14H,2,7-9H2,1H3. The maximum absolute atomic E-state index is 12.4. The highest BCUT2D eigenvalue weighted by Crippen LogP contribution is 2.34. The molecule has 0 radical (unpaired) electrons. The van der Waals surface area contributed by atoms with Crippen LogP contribution < -0.4 is 0 Å². The molecule has 1 heterocycles. The molecule has 1 aromatic carbocycles. The first-order chi connectivity index (χ1) is 8.70. The number of rotatable bonds is 4. The number of carbonyl (C=O) groups excluding carboxylic acids is 1. The van der Waals surface area contributed by atoms with Gasteiger partial charge in [0, 0.05) is 26.7 Å². The van der Waals surface area contributed by atoms with Crippen LogP contribution in [0.2, 0.25) is 0 Å². The van der Waals surface area contributed by atoms with E-state index in [0.717, 1.165) is 17.7 Å². The smallest absolute Gasteiger partial charge is 0.151 e. The van der Waals surface area contributed by atoms with Crippen LogP contribution in [0.3, 0.4) is 0 Å². The first-order valence-corrected chi connectivity index (χ1v) is 9.38. The van der Waals surface area contributed by atoms with Gasteiger partial charge in [-0.25, -0.2) is 0 Å². The van der Waals surface area contributed by atoms with Crippen molar-refractivity contribution in [3.05, 3.63) is 33.4 Å². The van der Waals surface area contributed by atoms with Gasteiger partial charge in [-0.1, -0.05) is 19.1 Å². The van der Waals surface area contributed by atoms with Crippen LogP contribution in [0.1, 0.15) is 18.9 Å². The van der Waals surface area contributed by atoms with Gasteiger partial charge in [0.1, 0.15) is 0 Å². The van der Waals surface area contributed by atoms with E-state index in [-0.39, 0.29) is 5.25 Å². The molecule has 2 unspecified atom stereocenters. The summed E-state index contributed by atoms with van der Waals surface area (Å²) in [6.07, 6.45) is 1.69. The third-order valence-electron chi connectivity index (χ3n) is 3.06. The molecule has 1 aromatic rings. The summed E-state index contributed by atoms with van der Waals surface area (Å²) < 4.78 is 1.22. The minimum atomic E-state index is 0.202. The Morgan fingerprint density at radius 2 is 1.94 bits per heavy atom. The molecule has 2 atom stereocenters. The molecule has 1 aliphatic heterocycles. The molecule has 0 aromatic heterocycles. The molecule has 1 saturated heterocycles. The SMILES string of the molecule is CCC1SCCSC1C(=O)Cc1ccc(I)cc1. The van der Waals surface area contributed by atoms with Crippen LogP contribution in [0, 0.1) is 3.57 Å². The Hall–Kier alpha value is 0.320. The largest absolute Gasteiger partial charge is 0.298 e. The van der Waals surface area contributed by atoms with Crippen molar-refractivity contribution in [3.8, 4) is 0 Å². The van der Waals surface area contributed by atoms with E-state index in [4.69, 9.17) is 0 Å². The molecule has 98 valence electrons. The van der Waals surface area contributed by atoms with Crippen molar-refractivity contribution in [1.29, 1.82) is 0 Å². The van der Waals surface area contributed by atoms with Crippen molar-refractivity contribution < 1.29 is 4.79 Å². The van der Waals surface area contributed by atoms with E-state index in [2.05, 4.69) is 53.8 Å². The summed E-state index contributed by atoms with van der Waals surface area (Å²) in [5, 5.41) is 0.716. The number of ketones is 1. The van der Waals surface area contributed by atoms with Gasteiger partial charge >= 0.3 is 0 Å². The van der Waals surface area contributed by atoms with E-state index in [0.29, 0.717) is 17.5 Å².